The summed E-state index contributed by atoms with van der Waals surface area (Å²) in [5.41, 5.74) is 7.13. The van der Waals surface area contributed by atoms with Gasteiger partial charge in [0, 0.05) is 30.5 Å². The minimum Gasteiger partial charge on any atom is -0.481 e. The van der Waals surface area contributed by atoms with Gasteiger partial charge in [-0.1, -0.05) is 108 Å². The Bertz CT molecular complexity index is 1450. The average molecular weight is 733 g/mol. The molecule has 0 spiro atoms. The van der Waals surface area contributed by atoms with E-state index in [1.165, 1.54) is 44.9 Å². The van der Waals surface area contributed by atoms with E-state index in [0.717, 1.165) is 31.1 Å². The van der Waals surface area contributed by atoms with Gasteiger partial charge in [-0.25, -0.2) is 4.98 Å². The van der Waals surface area contributed by atoms with Crippen LogP contribution in [0.1, 0.15) is 126 Å². The molecule has 0 aliphatic carbocycles. The Morgan fingerprint density at radius 1 is 0.800 bits per heavy atom. The Kier molecular flexibility index (Phi) is 22.3. The van der Waals surface area contributed by atoms with Crippen molar-refractivity contribution in [3.05, 3.63) is 72.2 Å². The molecule has 2 aromatic heterocycles. The lowest BCUT2D eigenvalue weighted by atomic mass is 9.99. The molecule has 0 aliphatic rings. The highest BCUT2D eigenvalue weighted by molar-refractivity contribution is 5.98. The number of benzene rings is 1. The van der Waals surface area contributed by atoms with Crippen LogP contribution in [0.5, 0.6) is 0 Å². The second kappa shape index (κ2) is 25.2. The number of hydrogen-bond donors (Lipinski definition) is 3. The maximum absolute atomic E-state index is 14.4. The molecule has 4 N–H and O–H groups in total. The molecule has 0 radical (unpaired) electrons. The molecule has 50 heavy (non-hydrogen) atoms. The zero-order valence-corrected chi connectivity index (χ0v) is 30.9. The second-order valence-electron chi connectivity index (χ2n) is 12.6. The number of para-hydroxylation sites is 1. The normalized spacial score (nSPS) is 11.9. The number of aromatic nitrogens is 2. The number of unbranched alkanes of at least 4 members (excludes halogenated alkanes) is 10. The molecule has 0 saturated heterocycles. The van der Waals surface area contributed by atoms with Crippen LogP contribution in [0.15, 0.2) is 60.8 Å². The third-order valence-corrected chi connectivity index (χ3v) is 8.68. The van der Waals surface area contributed by atoms with Crippen molar-refractivity contribution in [2.75, 3.05) is 0 Å². The van der Waals surface area contributed by atoms with Crippen molar-refractivity contribution < 1.29 is 24.3 Å². The van der Waals surface area contributed by atoms with Gasteiger partial charge in [0.15, 0.2) is 0 Å². The number of nitrogens with one attached hydrogen (secondary N) is 1. The number of carbonyl (C=O) groups is 4. The molecule has 0 aliphatic heterocycles. The number of nitrogens with two attached hydrogens (primary N) is 1. The van der Waals surface area contributed by atoms with E-state index in [1.54, 1.807) is 41.4 Å². The van der Waals surface area contributed by atoms with Gasteiger partial charge < -0.3 is 21.1 Å². The van der Waals surface area contributed by atoms with Gasteiger partial charge in [-0.3, -0.25) is 24.2 Å². The summed E-state index contributed by atoms with van der Waals surface area (Å²) in [6, 6.07) is 14.7. The van der Waals surface area contributed by atoms with E-state index in [-0.39, 0.29) is 62.7 Å². The summed E-state index contributed by atoms with van der Waals surface area (Å²) >= 11 is 0. The van der Waals surface area contributed by atoms with Gasteiger partial charge in [-0.05, 0) is 43.5 Å². The number of carbonyl (C=O) groups excluding carboxylic acids is 3. The molecule has 10 nitrogen and oxygen atoms in total. The van der Waals surface area contributed by atoms with Gasteiger partial charge >= 0.3 is 5.97 Å². The van der Waals surface area contributed by atoms with Gasteiger partial charge in [0.25, 0.3) is 5.91 Å². The van der Waals surface area contributed by atoms with Crippen molar-refractivity contribution in [1.29, 1.82) is 0 Å². The monoisotopic (exact) mass is 731 g/mol. The SMILES string of the molecule is CCCCCCCCCCCCC[C@@H](CC(N)=O)N(Cc1ccccn1)C(=O)[C@H](CCCC(=O)O)NC(=O)c1ccc2ccccc2n1.Cl.Cl. The number of amides is 3. The second-order valence-corrected chi connectivity index (χ2v) is 12.6. The zero-order valence-electron chi connectivity index (χ0n) is 29.3. The number of halogens is 2. The number of aliphatic carboxylic acids is 1. The van der Waals surface area contributed by atoms with Gasteiger partial charge in [0.05, 0.1) is 17.8 Å². The van der Waals surface area contributed by atoms with Gasteiger partial charge in [-0.2, -0.15) is 0 Å². The van der Waals surface area contributed by atoms with Crippen molar-refractivity contribution in [2.45, 2.75) is 128 Å². The molecule has 0 saturated carbocycles. The summed E-state index contributed by atoms with van der Waals surface area (Å²) in [6.45, 7) is 2.35. The van der Waals surface area contributed by atoms with E-state index >= 15 is 0 Å². The molecule has 3 rings (SSSR count). The molecule has 1 aromatic carbocycles. The topological polar surface area (TPSA) is 156 Å². The maximum Gasteiger partial charge on any atom is 0.303 e. The lowest BCUT2D eigenvalue weighted by molar-refractivity contribution is -0.139. The predicted octanol–water partition coefficient (Wildman–Crippen LogP) is 7.80. The summed E-state index contributed by atoms with van der Waals surface area (Å²) in [6.07, 6.45) is 15.3. The Balaban J connectivity index is 0.00000625. The summed E-state index contributed by atoms with van der Waals surface area (Å²) in [5, 5.41) is 13.0. The Hall–Kier alpha value is -3.76. The maximum atomic E-state index is 14.4. The van der Waals surface area contributed by atoms with Crippen LogP contribution in [0.2, 0.25) is 0 Å². The zero-order chi connectivity index (χ0) is 34.6. The van der Waals surface area contributed by atoms with Crippen LogP contribution in [-0.4, -0.2) is 55.7 Å². The van der Waals surface area contributed by atoms with Crippen molar-refractivity contribution in [1.82, 2.24) is 20.2 Å². The molecule has 0 fully saturated rings. The molecule has 2 atom stereocenters. The van der Waals surface area contributed by atoms with Crippen LogP contribution in [0, 0.1) is 0 Å². The van der Waals surface area contributed by atoms with Crippen LogP contribution in [0.4, 0.5) is 0 Å². The number of pyridine rings is 2. The van der Waals surface area contributed by atoms with E-state index in [4.69, 9.17) is 5.73 Å². The van der Waals surface area contributed by atoms with Gasteiger partial charge in [0.1, 0.15) is 11.7 Å². The molecule has 0 bridgehead atoms. The molecular weight excluding hydrogens is 677 g/mol. The summed E-state index contributed by atoms with van der Waals surface area (Å²) in [5.74, 6) is -2.45. The van der Waals surface area contributed by atoms with Crippen molar-refractivity contribution >= 4 is 59.4 Å². The minimum atomic E-state index is -1.04. The van der Waals surface area contributed by atoms with Gasteiger partial charge in [-0.15, -0.1) is 24.8 Å². The number of hydrogen-bond acceptors (Lipinski definition) is 6. The van der Waals surface area contributed by atoms with E-state index in [1.807, 2.05) is 24.3 Å². The molecule has 3 amide bonds. The highest BCUT2D eigenvalue weighted by Gasteiger charge is 2.32. The first kappa shape index (κ1) is 44.3. The number of carboxylic acid groups (broad SMARTS) is 1. The van der Waals surface area contributed by atoms with Crippen LogP contribution >= 0.6 is 24.8 Å². The third-order valence-electron chi connectivity index (χ3n) is 8.68. The van der Waals surface area contributed by atoms with Crippen LogP contribution in [0.3, 0.4) is 0 Å². The first-order valence-electron chi connectivity index (χ1n) is 17.7. The standard InChI is InChI=1S/C38H53N5O5.2ClH/c1-2-3-4-5-6-7-8-9-10-11-12-20-31(27-35(39)44)43(28-30-19-15-16-26-40-30)38(48)34(22-17-23-36(45)46)42-37(47)33-25-24-29-18-13-14-21-32(29)41-33;;/h13-16,18-19,21,24-26,31,34H,2-12,17,20,22-23,27-28H2,1H3,(H2,39,44)(H,42,47)(H,45,46);2*1H/t31-,34-;;/m0../s1. The summed E-state index contributed by atoms with van der Waals surface area (Å²) < 4.78 is 0. The van der Waals surface area contributed by atoms with Gasteiger partial charge in [0.2, 0.25) is 11.8 Å². The predicted molar refractivity (Wildman–Crippen MR) is 202 cm³/mol. The fourth-order valence-corrected chi connectivity index (χ4v) is 6.04. The minimum absolute atomic E-state index is 0. The highest BCUT2D eigenvalue weighted by atomic mass is 35.5. The Morgan fingerprint density at radius 2 is 1.44 bits per heavy atom. The fraction of sp³-hybridized carbons (Fsp3) is 0.526. The first-order chi connectivity index (χ1) is 23.3. The van der Waals surface area contributed by atoms with Crippen LogP contribution in [-0.2, 0) is 20.9 Å². The number of nitrogens with zero attached hydrogens (tertiary/aromatic N) is 3. The molecular formula is C38H55Cl2N5O5. The Morgan fingerprint density at radius 3 is 2.06 bits per heavy atom. The lowest BCUT2D eigenvalue weighted by Gasteiger charge is -2.34. The van der Waals surface area contributed by atoms with Crippen molar-refractivity contribution in [3.63, 3.8) is 0 Å². The highest BCUT2D eigenvalue weighted by Crippen LogP contribution is 2.21. The van der Waals surface area contributed by atoms with Crippen molar-refractivity contribution in [2.24, 2.45) is 5.73 Å². The summed E-state index contributed by atoms with van der Waals surface area (Å²) in [7, 11) is 0. The molecule has 2 heterocycles. The smallest absolute Gasteiger partial charge is 0.303 e. The first-order valence-corrected chi connectivity index (χ1v) is 17.7. The number of primary amides is 1. The largest absolute Gasteiger partial charge is 0.481 e. The number of carboxylic acids is 1. The number of rotatable bonds is 24. The molecule has 276 valence electrons. The average Bonchev–Trinajstić information content (AvgIpc) is 3.08. The van der Waals surface area contributed by atoms with Crippen molar-refractivity contribution in [3.8, 4) is 0 Å². The molecule has 3 aromatic rings. The fourth-order valence-electron chi connectivity index (χ4n) is 6.04. The Labute approximate surface area is 309 Å². The van der Waals surface area contributed by atoms with Crippen LogP contribution < -0.4 is 11.1 Å². The summed E-state index contributed by atoms with van der Waals surface area (Å²) in [4.78, 5) is 62.0. The number of fused-ring (bicyclic) bond motifs is 1. The quantitative estimate of drug-likeness (QED) is 0.0794. The molecule has 12 heteroatoms. The van der Waals surface area contributed by atoms with Crippen LogP contribution in [0.25, 0.3) is 10.9 Å². The van der Waals surface area contributed by atoms with E-state index in [0.29, 0.717) is 17.6 Å². The van der Waals surface area contributed by atoms with E-state index in [9.17, 15) is 24.3 Å². The third kappa shape index (κ3) is 16.3. The van der Waals surface area contributed by atoms with E-state index < -0.39 is 35.8 Å². The lowest BCUT2D eigenvalue weighted by Crippen LogP contribution is -2.52. The molecule has 0 unspecified atom stereocenters. The van der Waals surface area contributed by atoms with E-state index in [2.05, 4.69) is 22.2 Å².